The lowest BCUT2D eigenvalue weighted by Crippen LogP contribution is -2.17. The number of hydrogen-bond acceptors (Lipinski definition) is 6. The number of aromatic nitrogens is 2. The number of nitrogens with zero attached hydrogens (tertiary/aromatic N) is 2. The zero-order valence-electron chi connectivity index (χ0n) is 18.3. The van der Waals surface area contributed by atoms with Crippen molar-refractivity contribution in [3.8, 4) is 17.0 Å². The van der Waals surface area contributed by atoms with Crippen LogP contribution in [0.25, 0.3) is 16.2 Å². The molecule has 1 amide bonds. The number of carbonyl (C=O) groups excluding carboxylic acids is 1. The maximum atomic E-state index is 12.6. The number of allylic oxidation sites excluding steroid dienone is 1. The fourth-order valence-electron chi connectivity index (χ4n) is 3.14. The van der Waals surface area contributed by atoms with E-state index in [0.29, 0.717) is 17.2 Å². The first-order chi connectivity index (χ1) is 15.6. The van der Waals surface area contributed by atoms with Crippen LogP contribution in [0, 0.1) is 0 Å². The summed E-state index contributed by atoms with van der Waals surface area (Å²) in [5.41, 5.74) is 9.63. The molecule has 166 valence electrons. The lowest BCUT2D eigenvalue weighted by atomic mass is 10.1. The molecule has 0 unspecified atom stereocenters. The summed E-state index contributed by atoms with van der Waals surface area (Å²) in [5, 5.41) is 12.3. The number of anilines is 2. The number of thioether (sulfide) groups is 1. The van der Waals surface area contributed by atoms with E-state index in [1.54, 1.807) is 42.2 Å². The van der Waals surface area contributed by atoms with Gasteiger partial charge in [0.1, 0.15) is 11.4 Å². The van der Waals surface area contributed by atoms with Crippen molar-refractivity contribution in [1.29, 1.82) is 0 Å². The van der Waals surface area contributed by atoms with E-state index in [1.807, 2.05) is 38.1 Å². The van der Waals surface area contributed by atoms with Crippen molar-refractivity contribution in [3.63, 3.8) is 0 Å². The molecule has 32 heavy (non-hydrogen) atoms. The SMILES string of the molecule is CC.Nc1ccc(-c2cnc(NC(=O)Cc3ccc(O)cc3)c(C3=CCCCS3)n2)cc1. The molecule has 2 aromatic carbocycles. The summed E-state index contributed by atoms with van der Waals surface area (Å²) in [5.74, 6) is 1.46. The van der Waals surface area contributed by atoms with Crippen LogP contribution in [0.3, 0.4) is 0 Å². The third-order valence-electron chi connectivity index (χ3n) is 4.71. The third kappa shape index (κ3) is 6.11. The number of hydrogen-bond donors (Lipinski definition) is 3. The van der Waals surface area contributed by atoms with Crippen LogP contribution < -0.4 is 11.1 Å². The first kappa shape index (κ1) is 23.3. The van der Waals surface area contributed by atoms with Gasteiger partial charge in [0, 0.05) is 16.2 Å². The van der Waals surface area contributed by atoms with Gasteiger partial charge in [0.05, 0.1) is 18.3 Å². The third-order valence-corrected chi connectivity index (χ3v) is 5.87. The Hall–Kier alpha value is -3.32. The highest BCUT2D eigenvalue weighted by molar-refractivity contribution is 8.08. The highest BCUT2D eigenvalue weighted by Crippen LogP contribution is 2.36. The summed E-state index contributed by atoms with van der Waals surface area (Å²) >= 11 is 1.73. The van der Waals surface area contributed by atoms with E-state index < -0.39 is 0 Å². The lowest BCUT2D eigenvalue weighted by Gasteiger charge is -2.16. The molecule has 6 nitrogen and oxygen atoms in total. The van der Waals surface area contributed by atoms with Gasteiger partial charge in [0.25, 0.3) is 0 Å². The number of nitrogens with two attached hydrogens (primary N) is 1. The van der Waals surface area contributed by atoms with Crippen LogP contribution in [0.1, 0.15) is 37.9 Å². The number of amides is 1. The molecule has 0 spiro atoms. The number of aromatic hydroxyl groups is 1. The highest BCUT2D eigenvalue weighted by atomic mass is 32.2. The Labute approximate surface area is 193 Å². The first-order valence-electron chi connectivity index (χ1n) is 10.7. The fraction of sp³-hybridized carbons (Fsp3) is 0.240. The summed E-state index contributed by atoms with van der Waals surface area (Å²) in [6.07, 6.45) is 6.12. The number of rotatable bonds is 5. The predicted molar refractivity (Wildman–Crippen MR) is 133 cm³/mol. The fourth-order valence-corrected chi connectivity index (χ4v) is 4.19. The van der Waals surface area contributed by atoms with Crippen LogP contribution in [0.4, 0.5) is 11.5 Å². The minimum Gasteiger partial charge on any atom is -0.508 e. The zero-order chi connectivity index (χ0) is 22.9. The second-order valence-electron chi connectivity index (χ2n) is 7.02. The molecule has 4 N–H and O–H groups in total. The Morgan fingerprint density at radius 1 is 1.12 bits per heavy atom. The summed E-state index contributed by atoms with van der Waals surface area (Å²) in [6, 6.07) is 14.1. The predicted octanol–water partition coefficient (Wildman–Crippen LogP) is 5.51. The molecular formula is C25H28N4O2S. The van der Waals surface area contributed by atoms with E-state index in [9.17, 15) is 9.90 Å². The average Bonchev–Trinajstić information content (AvgIpc) is 2.83. The van der Waals surface area contributed by atoms with Gasteiger partial charge in [-0.2, -0.15) is 0 Å². The van der Waals surface area contributed by atoms with Crippen molar-refractivity contribution in [3.05, 3.63) is 72.1 Å². The number of carbonyl (C=O) groups is 1. The molecule has 0 saturated carbocycles. The molecule has 0 saturated heterocycles. The minimum absolute atomic E-state index is 0.173. The molecule has 4 rings (SSSR count). The van der Waals surface area contributed by atoms with Gasteiger partial charge in [-0.25, -0.2) is 9.97 Å². The lowest BCUT2D eigenvalue weighted by molar-refractivity contribution is -0.115. The van der Waals surface area contributed by atoms with E-state index in [-0.39, 0.29) is 18.1 Å². The minimum atomic E-state index is -0.183. The Kier molecular flexibility index (Phi) is 8.27. The number of phenols is 1. The standard InChI is InChI=1S/C23H22N4O2S.C2H6/c24-17-8-6-16(7-9-17)19-14-25-23(22(26-19)20-3-1-2-12-30-20)27-21(29)13-15-4-10-18(28)11-5-15;1-2/h3-11,14,28H,1-2,12-13,24H2,(H,25,27,29);1-2H3. The van der Waals surface area contributed by atoms with Crippen molar-refractivity contribution in [2.45, 2.75) is 33.1 Å². The van der Waals surface area contributed by atoms with Crippen molar-refractivity contribution in [1.82, 2.24) is 9.97 Å². The zero-order valence-corrected chi connectivity index (χ0v) is 19.2. The largest absolute Gasteiger partial charge is 0.508 e. The Morgan fingerprint density at radius 3 is 2.50 bits per heavy atom. The summed E-state index contributed by atoms with van der Waals surface area (Å²) in [4.78, 5) is 23.0. The smallest absolute Gasteiger partial charge is 0.230 e. The van der Waals surface area contributed by atoms with Crippen LogP contribution in [-0.4, -0.2) is 26.7 Å². The Morgan fingerprint density at radius 2 is 1.84 bits per heavy atom. The number of phenolic OH excluding ortho intramolecular Hbond substituents is 1. The maximum Gasteiger partial charge on any atom is 0.230 e. The molecule has 0 aliphatic carbocycles. The van der Waals surface area contributed by atoms with Gasteiger partial charge in [0.15, 0.2) is 5.82 Å². The van der Waals surface area contributed by atoms with Gasteiger partial charge in [-0.1, -0.05) is 44.2 Å². The van der Waals surface area contributed by atoms with Crippen molar-refractivity contribution >= 4 is 34.1 Å². The van der Waals surface area contributed by atoms with Crippen molar-refractivity contribution in [2.24, 2.45) is 0 Å². The van der Waals surface area contributed by atoms with Gasteiger partial charge >= 0.3 is 0 Å². The van der Waals surface area contributed by atoms with Crippen molar-refractivity contribution < 1.29 is 9.90 Å². The molecule has 7 heteroatoms. The van der Waals surface area contributed by atoms with Crippen molar-refractivity contribution in [2.75, 3.05) is 16.8 Å². The molecule has 0 fully saturated rings. The van der Waals surface area contributed by atoms with Gasteiger partial charge in [0.2, 0.25) is 5.91 Å². The monoisotopic (exact) mass is 448 g/mol. The molecule has 3 aromatic rings. The number of benzene rings is 2. The molecule has 1 aliphatic heterocycles. The van der Waals surface area contributed by atoms with Gasteiger partial charge < -0.3 is 16.2 Å². The van der Waals surface area contributed by atoms with Crippen LogP contribution in [0.15, 0.2) is 60.8 Å². The van der Waals surface area contributed by atoms with E-state index in [2.05, 4.69) is 16.4 Å². The summed E-state index contributed by atoms with van der Waals surface area (Å²) in [7, 11) is 0. The maximum absolute atomic E-state index is 12.6. The van der Waals surface area contributed by atoms with Crippen LogP contribution in [-0.2, 0) is 11.2 Å². The first-order valence-corrected chi connectivity index (χ1v) is 11.7. The van der Waals surface area contributed by atoms with Crippen LogP contribution in [0.5, 0.6) is 5.75 Å². The van der Waals surface area contributed by atoms with E-state index >= 15 is 0 Å². The average molecular weight is 449 g/mol. The van der Waals surface area contributed by atoms with Crippen LogP contribution >= 0.6 is 11.8 Å². The Bertz CT molecular complexity index is 1080. The number of nitrogen functional groups attached to an aromatic ring is 1. The normalized spacial score (nSPS) is 12.9. The quantitative estimate of drug-likeness (QED) is 0.445. The second-order valence-corrected chi connectivity index (χ2v) is 8.16. The summed E-state index contributed by atoms with van der Waals surface area (Å²) in [6.45, 7) is 4.00. The molecule has 0 radical (unpaired) electrons. The molecule has 2 heterocycles. The Balaban J connectivity index is 0.00000141. The molecule has 1 aliphatic rings. The van der Waals surface area contributed by atoms with Gasteiger partial charge in [-0.15, -0.1) is 11.8 Å². The molecule has 0 bridgehead atoms. The van der Waals surface area contributed by atoms with E-state index in [4.69, 9.17) is 10.7 Å². The summed E-state index contributed by atoms with van der Waals surface area (Å²) < 4.78 is 0. The van der Waals surface area contributed by atoms with E-state index in [0.717, 1.165) is 40.3 Å². The van der Waals surface area contributed by atoms with Crippen LogP contribution in [0.2, 0.25) is 0 Å². The van der Waals surface area contributed by atoms with Gasteiger partial charge in [-0.3, -0.25) is 4.79 Å². The van der Waals surface area contributed by atoms with E-state index in [1.165, 1.54) is 0 Å². The number of nitrogens with one attached hydrogen (secondary N) is 1. The topological polar surface area (TPSA) is 101 Å². The molecule has 1 aromatic heterocycles. The second kappa shape index (κ2) is 11.3. The molecular weight excluding hydrogens is 420 g/mol. The molecule has 0 atom stereocenters. The van der Waals surface area contributed by atoms with Gasteiger partial charge in [-0.05, 0) is 48.4 Å². The highest BCUT2D eigenvalue weighted by Gasteiger charge is 2.18.